The first-order valence-corrected chi connectivity index (χ1v) is 11.6. The van der Waals surface area contributed by atoms with Gasteiger partial charge < -0.3 is 15.1 Å². The van der Waals surface area contributed by atoms with Crippen molar-refractivity contribution < 1.29 is 36.6 Å². The third-order valence-electron chi connectivity index (χ3n) is 5.18. The average Bonchev–Trinajstić information content (AvgIpc) is 2.78. The van der Waals surface area contributed by atoms with Gasteiger partial charge in [0, 0.05) is 24.8 Å². The fourth-order valence-electron chi connectivity index (χ4n) is 3.29. The number of alkyl halides is 3. The van der Waals surface area contributed by atoms with E-state index < -0.39 is 33.0 Å². The van der Waals surface area contributed by atoms with Gasteiger partial charge in [-0.05, 0) is 35.8 Å². The summed E-state index contributed by atoms with van der Waals surface area (Å²) >= 11 is 6.25. The lowest BCUT2D eigenvalue weighted by Gasteiger charge is -2.27. The summed E-state index contributed by atoms with van der Waals surface area (Å²) in [5.41, 5.74) is -3.29. The summed E-state index contributed by atoms with van der Waals surface area (Å²) in [5.74, 6) is -0.266. The van der Waals surface area contributed by atoms with E-state index in [1.54, 1.807) is 11.0 Å². The molecule has 3 rings (SSSR count). The van der Waals surface area contributed by atoms with Crippen LogP contribution in [0.1, 0.15) is 29.3 Å². The van der Waals surface area contributed by atoms with E-state index in [0.29, 0.717) is 34.8 Å². The van der Waals surface area contributed by atoms with Gasteiger partial charge in [0.25, 0.3) is 9.84 Å². The standard InChI is InChI=1S/C21H20ClF3N2O5S/c22-17-10-15(18(29)12-28)11-26-20(17)14-5-7-27(8-6-14)19(30)9-13-1-3-16(4-2-13)33(31,32)21(23,24)25/h1-5,10-11,18,28-29H,6-9,12H2/t18-/m1/s1. The second-order valence-electron chi connectivity index (χ2n) is 7.39. The molecule has 0 spiro atoms. The van der Waals surface area contributed by atoms with Crippen molar-refractivity contribution in [2.24, 2.45) is 0 Å². The lowest BCUT2D eigenvalue weighted by atomic mass is 10.0. The third-order valence-corrected chi connectivity index (χ3v) is 6.97. The Balaban J connectivity index is 1.65. The Bertz CT molecular complexity index is 1170. The lowest BCUT2D eigenvalue weighted by molar-refractivity contribution is -0.130. The van der Waals surface area contributed by atoms with Gasteiger partial charge in [-0.3, -0.25) is 9.78 Å². The Kier molecular flexibility index (Phi) is 7.47. The molecule has 33 heavy (non-hydrogen) atoms. The van der Waals surface area contributed by atoms with Crippen LogP contribution in [-0.2, 0) is 21.1 Å². The molecule has 0 saturated carbocycles. The Hall–Kier alpha value is -2.47. The lowest BCUT2D eigenvalue weighted by Crippen LogP contribution is -2.35. The number of rotatable bonds is 6. The topological polar surface area (TPSA) is 108 Å². The molecule has 2 N–H and O–H groups in total. The molecule has 0 unspecified atom stereocenters. The quantitative estimate of drug-likeness (QED) is 0.626. The second kappa shape index (κ2) is 9.80. The summed E-state index contributed by atoms with van der Waals surface area (Å²) < 4.78 is 60.8. The fourth-order valence-corrected chi connectivity index (χ4v) is 4.35. The van der Waals surface area contributed by atoms with E-state index in [9.17, 15) is 31.5 Å². The van der Waals surface area contributed by atoms with E-state index in [2.05, 4.69) is 4.98 Å². The first-order valence-electron chi connectivity index (χ1n) is 9.76. The molecule has 7 nitrogen and oxygen atoms in total. The van der Waals surface area contributed by atoms with Gasteiger partial charge in [-0.25, -0.2) is 8.42 Å². The number of benzene rings is 1. The molecule has 0 radical (unpaired) electrons. The second-order valence-corrected chi connectivity index (χ2v) is 9.73. The molecule has 2 heterocycles. The minimum absolute atomic E-state index is 0.0950. The van der Waals surface area contributed by atoms with Crippen LogP contribution >= 0.6 is 11.6 Å². The normalized spacial score (nSPS) is 15.8. The molecule has 178 valence electrons. The summed E-state index contributed by atoms with van der Waals surface area (Å²) in [6, 6.07) is 5.57. The van der Waals surface area contributed by atoms with Gasteiger partial charge >= 0.3 is 5.51 Å². The number of hydrogen-bond acceptors (Lipinski definition) is 6. The third kappa shape index (κ3) is 5.55. The Morgan fingerprint density at radius 2 is 1.91 bits per heavy atom. The maximum atomic E-state index is 12.6. The zero-order valence-corrected chi connectivity index (χ0v) is 18.7. The molecule has 2 aromatic rings. The zero-order valence-electron chi connectivity index (χ0n) is 17.1. The van der Waals surface area contributed by atoms with Gasteiger partial charge in [-0.15, -0.1) is 0 Å². The van der Waals surface area contributed by atoms with Gasteiger partial charge in [0.05, 0.1) is 28.6 Å². The Morgan fingerprint density at radius 1 is 1.24 bits per heavy atom. The van der Waals surface area contributed by atoms with E-state index in [-0.39, 0.29) is 18.9 Å². The molecule has 12 heteroatoms. The van der Waals surface area contributed by atoms with Gasteiger partial charge in [-0.1, -0.05) is 29.8 Å². The zero-order chi connectivity index (χ0) is 24.4. The number of hydrogen-bond donors (Lipinski definition) is 2. The number of carbonyl (C=O) groups excluding carboxylic acids is 1. The van der Waals surface area contributed by atoms with Crippen molar-refractivity contribution >= 4 is 32.9 Å². The Morgan fingerprint density at radius 3 is 2.42 bits per heavy atom. The van der Waals surface area contributed by atoms with Gasteiger partial charge in [0.1, 0.15) is 6.10 Å². The molecule has 1 aliphatic rings. The summed E-state index contributed by atoms with van der Waals surface area (Å²) in [5, 5.41) is 19.0. The highest BCUT2D eigenvalue weighted by atomic mass is 35.5. The highest BCUT2D eigenvalue weighted by molar-refractivity contribution is 7.92. The smallest absolute Gasteiger partial charge is 0.393 e. The van der Waals surface area contributed by atoms with Gasteiger partial charge in [-0.2, -0.15) is 13.2 Å². The summed E-state index contributed by atoms with van der Waals surface area (Å²) in [6.45, 7) is 0.177. The highest BCUT2D eigenvalue weighted by Gasteiger charge is 2.46. The molecular formula is C21H20ClF3N2O5S. The van der Waals surface area contributed by atoms with E-state index in [1.807, 2.05) is 0 Å². The van der Waals surface area contributed by atoms with Crippen LogP contribution in [0.3, 0.4) is 0 Å². The molecule has 0 aliphatic carbocycles. The molecule has 1 aromatic heterocycles. The minimum atomic E-state index is -5.43. The summed E-state index contributed by atoms with van der Waals surface area (Å²) in [6.07, 6.45) is 2.49. The highest BCUT2D eigenvalue weighted by Crippen LogP contribution is 2.31. The fraction of sp³-hybridized carbons (Fsp3) is 0.333. The number of aromatic nitrogens is 1. The van der Waals surface area contributed by atoms with Gasteiger partial charge in [0.15, 0.2) is 0 Å². The van der Waals surface area contributed by atoms with Crippen LogP contribution < -0.4 is 0 Å². The van der Waals surface area contributed by atoms with Crippen molar-refractivity contribution in [3.05, 3.63) is 64.4 Å². The average molecular weight is 505 g/mol. The summed E-state index contributed by atoms with van der Waals surface area (Å²) in [7, 11) is -5.43. The molecule has 0 saturated heterocycles. The predicted octanol–water partition coefficient (Wildman–Crippen LogP) is 2.91. The van der Waals surface area contributed by atoms with E-state index in [1.165, 1.54) is 24.4 Å². The Labute approximate surface area is 193 Å². The van der Waals surface area contributed by atoms with Crippen LogP contribution in [0.25, 0.3) is 5.57 Å². The van der Waals surface area contributed by atoms with Crippen molar-refractivity contribution in [3.63, 3.8) is 0 Å². The van der Waals surface area contributed by atoms with Crippen LogP contribution in [0.5, 0.6) is 0 Å². The number of aliphatic hydroxyl groups is 2. The van der Waals surface area contributed by atoms with E-state index in [4.69, 9.17) is 16.7 Å². The van der Waals surface area contributed by atoms with E-state index >= 15 is 0 Å². The van der Waals surface area contributed by atoms with Crippen molar-refractivity contribution in [1.82, 2.24) is 9.88 Å². The first-order chi connectivity index (χ1) is 15.4. The van der Waals surface area contributed by atoms with Crippen LogP contribution in [0, 0.1) is 0 Å². The van der Waals surface area contributed by atoms with Crippen molar-refractivity contribution in [1.29, 1.82) is 0 Å². The number of nitrogens with zero attached hydrogens (tertiary/aromatic N) is 2. The molecule has 1 aromatic carbocycles. The molecule has 1 atom stereocenters. The maximum absolute atomic E-state index is 12.6. The molecule has 0 fully saturated rings. The van der Waals surface area contributed by atoms with Gasteiger partial charge in [0.2, 0.25) is 5.91 Å². The first kappa shape index (κ1) is 25.2. The number of pyridine rings is 1. The monoisotopic (exact) mass is 504 g/mol. The largest absolute Gasteiger partial charge is 0.501 e. The molecule has 1 aliphatic heterocycles. The predicted molar refractivity (Wildman–Crippen MR) is 114 cm³/mol. The number of aliphatic hydroxyl groups excluding tert-OH is 2. The molecule has 0 bridgehead atoms. The SMILES string of the molecule is O=C(Cc1ccc(S(=O)(=O)C(F)(F)F)cc1)N1CC=C(c2ncc([C@H](O)CO)cc2Cl)CC1. The molecular weight excluding hydrogens is 485 g/mol. The van der Waals surface area contributed by atoms with Crippen molar-refractivity contribution in [2.75, 3.05) is 19.7 Å². The van der Waals surface area contributed by atoms with Crippen LogP contribution in [0.2, 0.25) is 5.02 Å². The number of carbonyl (C=O) groups is 1. The maximum Gasteiger partial charge on any atom is 0.501 e. The number of sulfone groups is 1. The molecule has 1 amide bonds. The number of halogens is 4. The summed E-state index contributed by atoms with van der Waals surface area (Å²) in [4.78, 5) is 17.5. The van der Waals surface area contributed by atoms with Crippen LogP contribution in [-0.4, -0.2) is 59.6 Å². The van der Waals surface area contributed by atoms with E-state index in [0.717, 1.165) is 17.7 Å². The van der Waals surface area contributed by atoms with Crippen molar-refractivity contribution in [2.45, 2.75) is 29.3 Å². The van der Waals surface area contributed by atoms with Crippen molar-refractivity contribution in [3.8, 4) is 0 Å². The minimum Gasteiger partial charge on any atom is -0.393 e. The van der Waals surface area contributed by atoms with Crippen LogP contribution in [0.15, 0.2) is 47.5 Å². The van der Waals surface area contributed by atoms with Crippen LogP contribution in [0.4, 0.5) is 13.2 Å². The number of amides is 1.